The zero-order valence-corrected chi connectivity index (χ0v) is 20.3. The number of hydrogen-bond donors (Lipinski definition) is 1. The van der Waals surface area contributed by atoms with Crippen LogP contribution in [0.15, 0.2) is 36.8 Å². The normalized spacial score (nSPS) is 20.7. The number of amides is 2. The first kappa shape index (κ1) is 23.5. The third-order valence-corrected chi connectivity index (χ3v) is 7.12. The quantitative estimate of drug-likeness (QED) is 0.582. The van der Waals surface area contributed by atoms with Crippen LogP contribution in [0.2, 0.25) is 0 Å². The molecule has 1 aromatic carbocycles. The second-order valence-corrected chi connectivity index (χ2v) is 9.78. The topological polar surface area (TPSA) is 62.1 Å². The molecule has 0 aliphatic carbocycles. The number of aromatic nitrogens is 2. The van der Waals surface area contributed by atoms with Gasteiger partial charge in [-0.05, 0) is 42.2 Å². The number of nitrogens with one attached hydrogen (secondary N) is 1. The minimum absolute atomic E-state index is 0.0230. The van der Waals surface area contributed by atoms with Crippen molar-refractivity contribution >= 4 is 23.1 Å². The molecule has 4 heterocycles. The Bertz CT molecular complexity index is 1240. The number of anilines is 2. The van der Waals surface area contributed by atoms with E-state index in [2.05, 4.69) is 21.3 Å². The SMILES string of the molecule is Cc1cc(F)c(NC(=O)N2CC(F)C(C(C)C)C2)cc1-c1cc(N2CCOCC2)c2nccn2c1. The van der Waals surface area contributed by atoms with Crippen LogP contribution in [-0.4, -0.2) is 65.9 Å². The van der Waals surface area contributed by atoms with Crippen LogP contribution in [0.4, 0.5) is 25.0 Å². The average molecular weight is 484 g/mol. The summed E-state index contributed by atoms with van der Waals surface area (Å²) < 4.78 is 36.7. The number of imidazole rings is 1. The highest BCUT2D eigenvalue weighted by molar-refractivity contribution is 5.91. The van der Waals surface area contributed by atoms with Crippen molar-refractivity contribution in [3.63, 3.8) is 0 Å². The highest BCUT2D eigenvalue weighted by Crippen LogP contribution is 2.34. The molecule has 35 heavy (non-hydrogen) atoms. The maximum Gasteiger partial charge on any atom is 0.322 e. The fourth-order valence-electron chi connectivity index (χ4n) is 5.06. The van der Waals surface area contributed by atoms with Crippen molar-refractivity contribution in [3.05, 3.63) is 48.2 Å². The van der Waals surface area contributed by atoms with Crippen molar-refractivity contribution in [2.45, 2.75) is 26.9 Å². The van der Waals surface area contributed by atoms with Gasteiger partial charge in [0, 0.05) is 49.7 Å². The largest absolute Gasteiger partial charge is 0.378 e. The maximum atomic E-state index is 14.9. The molecule has 186 valence electrons. The Morgan fingerprint density at radius 2 is 1.97 bits per heavy atom. The first-order valence-corrected chi connectivity index (χ1v) is 12.1. The van der Waals surface area contributed by atoms with Crippen LogP contribution in [0.1, 0.15) is 19.4 Å². The number of likely N-dealkylation sites (tertiary alicyclic amines) is 1. The van der Waals surface area contributed by atoms with Crippen LogP contribution in [0.3, 0.4) is 0 Å². The van der Waals surface area contributed by atoms with Crippen molar-refractivity contribution in [2.24, 2.45) is 11.8 Å². The van der Waals surface area contributed by atoms with Crippen molar-refractivity contribution in [1.29, 1.82) is 0 Å². The second-order valence-electron chi connectivity index (χ2n) is 9.78. The molecule has 5 rings (SSSR count). The summed E-state index contributed by atoms with van der Waals surface area (Å²) in [6.07, 6.45) is 4.53. The summed E-state index contributed by atoms with van der Waals surface area (Å²) in [5.74, 6) is -0.600. The zero-order valence-electron chi connectivity index (χ0n) is 20.3. The molecule has 2 unspecified atom stereocenters. The van der Waals surface area contributed by atoms with E-state index in [1.54, 1.807) is 12.3 Å². The monoisotopic (exact) mass is 483 g/mol. The Kier molecular flexibility index (Phi) is 6.35. The molecule has 7 nitrogen and oxygen atoms in total. The third kappa shape index (κ3) is 4.57. The summed E-state index contributed by atoms with van der Waals surface area (Å²) in [6.45, 7) is 8.92. The number of carbonyl (C=O) groups is 1. The minimum Gasteiger partial charge on any atom is -0.378 e. The van der Waals surface area contributed by atoms with Crippen LogP contribution in [0, 0.1) is 24.6 Å². The molecule has 0 bridgehead atoms. The fourth-order valence-corrected chi connectivity index (χ4v) is 5.06. The van der Waals surface area contributed by atoms with E-state index >= 15 is 0 Å². The summed E-state index contributed by atoms with van der Waals surface area (Å²) in [7, 11) is 0. The Morgan fingerprint density at radius 3 is 2.69 bits per heavy atom. The molecule has 2 aromatic heterocycles. The number of rotatable bonds is 4. The molecule has 9 heteroatoms. The van der Waals surface area contributed by atoms with Crippen LogP contribution in [-0.2, 0) is 4.74 Å². The average Bonchev–Trinajstić information content (AvgIpc) is 3.47. The minimum atomic E-state index is -1.07. The van der Waals surface area contributed by atoms with E-state index in [0.717, 1.165) is 41.1 Å². The molecule has 1 N–H and O–H groups in total. The van der Waals surface area contributed by atoms with E-state index < -0.39 is 18.0 Å². The van der Waals surface area contributed by atoms with Gasteiger partial charge in [-0.2, -0.15) is 0 Å². The molecule has 2 aliphatic heterocycles. The fraction of sp³-hybridized carbons (Fsp3) is 0.462. The lowest BCUT2D eigenvalue weighted by Gasteiger charge is -2.29. The number of hydrogen-bond acceptors (Lipinski definition) is 4. The number of urea groups is 1. The molecule has 0 saturated carbocycles. The van der Waals surface area contributed by atoms with Gasteiger partial charge >= 0.3 is 6.03 Å². The Balaban J connectivity index is 1.46. The smallest absolute Gasteiger partial charge is 0.322 e. The van der Waals surface area contributed by atoms with Crippen molar-refractivity contribution < 1.29 is 18.3 Å². The highest BCUT2D eigenvalue weighted by atomic mass is 19.1. The van der Waals surface area contributed by atoms with Crippen LogP contribution < -0.4 is 10.2 Å². The number of fused-ring (bicyclic) bond motifs is 1. The van der Waals surface area contributed by atoms with Gasteiger partial charge in [-0.3, -0.25) is 0 Å². The number of morpholine rings is 1. The van der Waals surface area contributed by atoms with Gasteiger partial charge in [0.25, 0.3) is 0 Å². The molecular weight excluding hydrogens is 452 g/mol. The van der Waals surface area contributed by atoms with E-state index in [9.17, 15) is 13.6 Å². The molecule has 2 fully saturated rings. The van der Waals surface area contributed by atoms with Gasteiger partial charge < -0.3 is 24.3 Å². The van der Waals surface area contributed by atoms with E-state index in [4.69, 9.17) is 4.74 Å². The number of ether oxygens (including phenoxy) is 1. The van der Waals surface area contributed by atoms with Crippen LogP contribution >= 0.6 is 0 Å². The number of carbonyl (C=O) groups excluding carboxylic acids is 1. The number of halogens is 2. The van der Waals surface area contributed by atoms with Crippen LogP contribution in [0.5, 0.6) is 0 Å². The molecule has 0 radical (unpaired) electrons. The Labute approximate surface area is 203 Å². The predicted octanol–water partition coefficient (Wildman–Crippen LogP) is 4.74. The van der Waals surface area contributed by atoms with Gasteiger partial charge in [-0.1, -0.05) is 13.8 Å². The molecule has 3 aromatic rings. The molecule has 2 atom stereocenters. The van der Waals surface area contributed by atoms with Gasteiger partial charge in [0.15, 0.2) is 5.65 Å². The number of aryl methyl sites for hydroxylation is 1. The number of pyridine rings is 1. The summed E-state index contributed by atoms with van der Waals surface area (Å²) in [5, 5.41) is 2.68. The molecule has 2 aliphatic rings. The van der Waals surface area contributed by atoms with Gasteiger partial charge in [-0.15, -0.1) is 0 Å². The predicted molar refractivity (Wildman–Crippen MR) is 132 cm³/mol. The van der Waals surface area contributed by atoms with E-state index in [1.165, 1.54) is 11.0 Å². The Morgan fingerprint density at radius 1 is 1.20 bits per heavy atom. The lowest BCUT2D eigenvalue weighted by atomic mass is 9.94. The lowest BCUT2D eigenvalue weighted by Crippen LogP contribution is -2.36. The highest BCUT2D eigenvalue weighted by Gasteiger charge is 2.37. The number of nitrogens with zero attached hydrogens (tertiary/aromatic N) is 4. The van der Waals surface area contributed by atoms with Gasteiger partial charge in [0.2, 0.25) is 0 Å². The summed E-state index contributed by atoms with van der Waals surface area (Å²) in [5.41, 5.74) is 4.34. The van der Waals surface area contributed by atoms with Gasteiger partial charge in [0.05, 0.1) is 31.1 Å². The standard InChI is InChI=1S/C26H31F2N5O2/c1-16(2)20-14-33(15-22(20)28)26(34)30-23-12-19(17(3)10-21(23)27)18-11-24(31-6-8-35-9-7-31)25-29-4-5-32(25)13-18/h4-5,10-13,16,20,22H,6-9,14-15H2,1-3H3,(H,30,34). The zero-order chi connectivity index (χ0) is 24.7. The molecular formula is C26H31F2N5O2. The molecule has 0 spiro atoms. The number of alkyl halides is 1. The van der Waals surface area contributed by atoms with Crippen molar-refractivity contribution in [2.75, 3.05) is 49.6 Å². The summed E-state index contributed by atoms with van der Waals surface area (Å²) in [4.78, 5) is 21.1. The van der Waals surface area contributed by atoms with Gasteiger partial charge in [0.1, 0.15) is 12.0 Å². The third-order valence-electron chi connectivity index (χ3n) is 7.12. The lowest BCUT2D eigenvalue weighted by molar-refractivity contribution is 0.123. The van der Waals surface area contributed by atoms with Gasteiger partial charge in [-0.25, -0.2) is 18.6 Å². The van der Waals surface area contributed by atoms with E-state index in [1.807, 2.05) is 37.6 Å². The summed E-state index contributed by atoms with van der Waals surface area (Å²) in [6, 6.07) is 4.66. The van der Waals surface area contributed by atoms with E-state index in [-0.39, 0.29) is 24.1 Å². The molecule has 2 saturated heterocycles. The first-order valence-electron chi connectivity index (χ1n) is 12.1. The maximum absolute atomic E-state index is 14.9. The second kappa shape index (κ2) is 9.45. The van der Waals surface area contributed by atoms with Crippen molar-refractivity contribution in [3.8, 4) is 11.1 Å². The Hall–Kier alpha value is -3.20. The first-order chi connectivity index (χ1) is 16.8. The summed E-state index contributed by atoms with van der Waals surface area (Å²) >= 11 is 0. The van der Waals surface area contributed by atoms with E-state index in [0.29, 0.717) is 19.8 Å². The van der Waals surface area contributed by atoms with Crippen LogP contribution in [0.25, 0.3) is 16.8 Å². The van der Waals surface area contributed by atoms with Crippen molar-refractivity contribution in [1.82, 2.24) is 14.3 Å². The molecule has 2 amide bonds. The number of benzene rings is 1.